The summed E-state index contributed by atoms with van der Waals surface area (Å²) in [5, 5.41) is 12.5. The van der Waals surface area contributed by atoms with Crippen LogP contribution in [0.15, 0.2) is 47.6 Å². The molecule has 3 aromatic rings. The highest BCUT2D eigenvalue weighted by Gasteiger charge is 2.34. The first kappa shape index (κ1) is 24.0. The highest BCUT2D eigenvalue weighted by molar-refractivity contribution is 7.99. The normalized spacial score (nSPS) is 15.5. The zero-order valence-corrected chi connectivity index (χ0v) is 21.0. The third kappa shape index (κ3) is 5.01. The average molecular weight is 478 g/mol. The molecule has 0 spiro atoms. The summed E-state index contributed by atoms with van der Waals surface area (Å²) >= 11 is 1.35. The number of nitrogens with one attached hydrogen (secondary N) is 1. The molecule has 1 unspecified atom stereocenters. The van der Waals surface area contributed by atoms with Crippen LogP contribution in [0.1, 0.15) is 58.7 Å². The van der Waals surface area contributed by atoms with E-state index in [0.29, 0.717) is 17.3 Å². The summed E-state index contributed by atoms with van der Waals surface area (Å²) in [6, 6.07) is 13.6. The van der Waals surface area contributed by atoms with E-state index in [1.54, 1.807) is 0 Å². The van der Waals surface area contributed by atoms with Crippen LogP contribution in [0.5, 0.6) is 0 Å². The Hall–Kier alpha value is -3.13. The molecule has 2 heterocycles. The molecule has 34 heavy (non-hydrogen) atoms. The van der Waals surface area contributed by atoms with Crippen molar-refractivity contribution >= 4 is 29.3 Å². The number of thioether (sulfide) groups is 1. The smallest absolute Gasteiger partial charge is 0.254 e. The average Bonchev–Trinajstić information content (AvgIpc) is 3.45. The van der Waals surface area contributed by atoms with E-state index in [2.05, 4.69) is 22.4 Å². The first-order chi connectivity index (χ1) is 16.4. The van der Waals surface area contributed by atoms with Crippen LogP contribution < -0.4 is 5.32 Å². The summed E-state index contributed by atoms with van der Waals surface area (Å²) in [5.74, 6) is 0.938. The van der Waals surface area contributed by atoms with Crippen molar-refractivity contribution < 1.29 is 9.59 Å². The summed E-state index contributed by atoms with van der Waals surface area (Å²) in [6.07, 6.45) is 2.63. The summed E-state index contributed by atoms with van der Waals surface area (Å²) in [6.45, 7) is 6.79. The zero-order chi connectivity index (χ0) is 24.2. The lowest BCUT2D eigenvalue weighted by atomic mass is 10.1. The molecule has 7 nitrogen and oxygen atoms in total. The molecule has 0 bridgehead atoms. The Kier molecular flexibility index (Phi) is 7.36. The first-order valence-electron chi connectivity index (χ1n) is 11.7. The van der Waals surface area contributed by atoms with Gasteiger partial charge in [0.1, 0.15) is 0 Å². The van der Waals surface area contributed by atoms with Crippen molar-refractivity contribution in [2.24, 2.45) is 7.05 Å². The molecule has 4 rings (SSSR count). The third-order valence-corrected chi connectivity index (χ3v) is 7.34. The minimum absolute atomic E-state index is 0.0176. The number of carbonyl (C=O) groups excluding carboxylic acids is 2. The van der Waals surface area contributed by atoms with Crippen molar-refractivity contribution in [2.75, 3.05) is 17.6 Å². The molecule has 2 aromatic carbocycles. The minimum atomic E-state index is -0.117. The fraction of sp³-hybridized carbons (Fsp3) is 0.385. The summed E-state index contributed by atoms with van der Waals surface area (Å²) in [4.78, 5) is 27.7. The summed E-state index contributed by atoms with van der Waals surface area (Å²) in [5.41, 5.74) is 4.89. The molecule has 0 radical (unpaired) electrons. The SMILES string of the molecule is CCc1cccc(C)c1NC(=O)CSc1nnc(C2CCCN2C(=O)c2ccc(C)cc2)n1C. The summed E-state index contributed by atoms with van der Waals surface area (Å²) < 4.78 is 1.91. The maximum Gasteiger partial charge on any atom is 0.254 e. The van der Waals surface area contributed by atoms with Gasteiger partial charge in [0.2, 0.25) is 5.91 Å². The maximum atomic E-state index is 13.1. The predicted octanol–water partition coefficient (Wildman–Crippen LogP) is 4.70. The van der Waals surface area contributed by atoms with E-state index in [1.165, 1.54) is 11.8 Å². The lowest BCUT2D eigenvalue weighted by Crippen LogP contribution is -2.31. The standard InChI is InChI=1S/C26H31N5O2S/c1-5-19-9-6-8-18(3)23(19)27-22(32)16-34-26-29-28-24(30(26)4)21-10-7-15-31(21)25(33)20-13-11-17(2)12-14-20/h6,8-9,11-14,21H,5,7,10,15-16H2,1-4H3,(H,27,32). The van der Waals surface area contributed by atoms with Gasteiger partial charge in [0.25, 0.3) is 5.91 Å². The van der Waals surface area contributed by atoms with E-state index in [9.17, 15) is 9.59 Å². The maximum absolute atomic E-state index is 13.1. The number of amides is 2. The number of aromatic nitrogens is 3. The number of hydrogen-bond donors (Lipinski definition) is 1. The van der Waals surface area contributed by atoms with Gasteiger partial charge in [-0.3, -0.25) is 9.59 Å². The number of benzene rings is 2. The van der Waals surface area contributed by atoms with Crippen molar-refractivity contribution in [3.05, 3.63) is 70.5 Å². The van der Waals surface area contributed by atoms with Crippen molar-refractivity contribution in [1.82, 2.24) is 19.7 Å². The second-order valence-corrected chi connectivity index (χ2v) is 9.66. The Balaban J connectivity index is 1.43. The molecular formula is C26H31N5O2S. The molecule has 0 aliphatic carbocycles. The van der Waals surface area contributed by atoms with Crippen molar-refractivity contribution in [2.45, 2.75) is 51.2 Å². The topological polar surface area (TPSA) is 80.1 Å². The first-order valence-corrected chi connectivity index (χ1v) is 12.7. The predicted molar refractivity (Wildman–Crippen MR) is 135 cm³/mol. The molecule has 2 amide bonds. The highest BCUT2D eigenvalue weighted by atomic mass is 32.2. The van der Waals surface area contributed by atoms with Gasteiger partial charge in [-0.25, -0.2) is 0 Å². The number of rotatable bonds is 7. The van der Waals surface area contributed by atoms with Gasteiger partial charge in [0.05, 0.1) is 11.8 Å². The van der Waals surface area contributed by atoms with E-state index in [4.69, 9.17) is 0 Å². The van der Waals surface area contributed by atoms with Gasteiger partial charge in [-0.05, 0) is 56.4 Å². The van der Waals surface area contributed by atoms with Gasteiger partial charge in [-0.2, -0.15) is 0 Å². The third-order valence-electron chi connectivity index (χ3n) is 6.32. The number of hydrogen-bond acceptors (Lipinski definition) is 5. The second-order valence-electron chi connectivity index (χ2n) is 8.72. The monoisotopic (exact) mass is 477 g/mol. The Labute approximate surface area is 205 Å². The Morgan fingerprint density at radius 1 is 1.12 bits per heavy atom. The Morgan fingerprint density at radius 3 is 2.62 bits per heavy atom. The molecule has 0 saturated carbocycles. The second kappa shape index (κ2) is 10.4. The largest absolute Gasteiger partial charge is 0.328 e. The van der Waals surface area contributed by atoms with Crippen LogP contribution in [0.3, 0.4) is 0 Å². The van der Waals surface area contributed by atoms with Crippen molar-refractivity contribution in [1.29, 1.82) is 0 Å². The molecule has 1 saturated heterocycles. The molecule has 1 aromatic heterocycles. The van der Waals surface area contributed by atoms with Crippen LogP contribution in [0, 0.1) is 13.8 Å². The van der Waals surface area contributed by atoms with E-state index in [-0.39, 0.29) is 23.6 Å². The van der Waals surface area contributed by atoms with Gasteiger partial charge in [-0.15, -0.1) is 10.2 Å². The summed E-state index contributed by atoms with van der Waals surface area (Å²) in [7, 11) is 1.90. The van der Waals surface area contributed by atoms with Gasteiger partial charge in [-0.1, -0.05) is 54.6 Å². The van der Waals surface area contributed by atoms with Crippen LogP contribution in [0.2, 0.25) is 0 Å². The molecule has 1 atom stereocenters. The quantitative estimate of drug-likeness (QED) is 0.499. The molecule has 1 aliphatic rings. The highest BCUT2D eigenvalue weighted by Crippen LogP contribution is 2.33. The zero-order valence-electron chi connectivity index (χ0n) is 20.2. The fourth-order valence-electron chi connectivity index (χ4n) is 4.39. The lowest BCUT2D eigenvalue weighted by Gasteiger charge is -2.24. The number of para-hydroxylation sites is 1. The number of nitrogens with zero attached hydrogens (tertiary/aromatic N) is 4. The molecule has 8 heteroatoms. The Morgan fingerprint density at radius 2 is 1.88 bits per heavy atom. The molecule has 1 N–H and O–H groups in total. The van der Waals surface area contributed by atoms with E-state index >= 15 is 0 Å². The van der Waals surface area contributed by atoms with E-state index in [1.807, 2.05) is 72.8 Å². The number of aryl methyl sites for hydroxylation is 3. The van der Waals surface area contributed by atoms with Crippen LogP contribution in [-0.4, -0.2) is 43.8 Å². The van der Waals surface area contributed by atoms with Gasteiger partial charge >= 0.3 is 0 Å². The molecule has 1 fully saturated rings. The van der Waals surface area contributed by atoms with Crippen LogP contribution >= 0.6 is 11.8 Å². The number of likely N-dealkylation sites (tertiary alicyclic amines) is 1. The molecule has 1 aliphatic heterocycles. The Bertz CT molecular complexity index is 1190. The van der Waals surface area contributed by atoms with Gasteiger partial charge in [0, 0.05) is 24.8 Å². The lowest BCUT2D eigenvalue weighted by molar-refractivity contribution is -0.113. The number of anilines is 1. The van der Waals surface area contributed by atoms with Gasteiger partial charge < -0.3 is 14.8 Å². The van der Waals surface area contributed by atoms with Crippen LogP contribution in [-0.2, 0) is 18.3 Å². The van der Waals surface area contributed by atoms with Gasteiger partial charge in [0.15, 0.2) is 11.0 Å². The van der Waals surface area contributed by atoms with Crippen LogP contribution in [0.4, 0.5) is 5.69 Å². The fourth-order valence-corrected chi connectivity index (χ4v) is 5.11. The van der Waals surface area contributed by atoms with Crippen molar-refractivity contribution in [3.63, 3.8) is 0 Å². The van der Waals surface area contributed by atoms with Crippen LogP contribution in [0.25, 0.3) is 0 Å². The van der Waals surface area contributed by atoms with E-state index < -0.39 is 0 Å². The minimum Gasteiger partial charge on any atom is -0.328 e. The van der Waals surface area contributed by atoms with Crippen molar-refractivity contribution in [3.8, 4) is 0 Å². The molecular weight excluding hydrogens is 446 g/mol. The number of carbonyl (C=O) groups is 2. The van der Waals surface area contributed by atoms with E-state index in [0.717, 1.165) is 47.5 Å². The molecule has 178 valence electrons.